The highest BCUT2D eigenvalue weighted by Crippen LogP contribution is 2.23. The van der Waals surface area contributed by atoms with E-state index in [0.717, 1.165) is 30.8 Å². The summed E-state index contributed by atoms with van der Waals surface area (Å²) in [5.41, 5.74) is 1.11. The molecule has 6 nitrogen and oxygen atoms in total. The molecule has 0 aromatic carbocycles. The summed E-state index contributed by atoms with van der Waals surface area (Å²) in [7, 11) is 0. The largest absolute Gasteiger partial charge is 0.459 e. The molecule has 0 aliphatic carbocycles. The fraction of sp³-hybridized carbons (Fsp3) is 0.769. The average molecular weight is 267 g/mol. The standard InChI is InChI=1S/C13H21N3O3/c1-9-10(15-19-14-9)8-16-7-5-6-11(16)12(17)18-13(2,3)4/h11H,5-8H2,1-4H3/t11-/m1/s1. The third-order valence-corrected chi connectivity index (χ3v) is 3.14. The van der Waals surface area contributed by atoms with Gasteiger partial charge in [0.05, 0.1) is 0 Å². The van der Waals surface area contributed by atoms with Gasteiger partial charge in [-0.1, -0.05) is 10.3 Å². The first-order valence-electron chi connectivity index (χ1n) is 6.62. The van der Waals surface area contributed by atoms with Gasteiger partial charge in [0, 0.05) is 6.54 Å². The van der Waals surface area contributed by atoms with E-state index in [1.54, 1.807) is 0 Å². The minimum Gasteiger partial charge on any atom is -0.459 e. The molecule has 0 amide bonds. The lowest BCUT2D eigenvalue weighted by atomic mass is 10.1. The number of carbonyl (C=O) groups excluding carboxylic acids is 1. The van der Waals surface area contributed by atoms with E-state index >= 15 is 0 Å². The van der Waals surface area contributed by atoms with Crippen molar-refractivity contribution >= 4 is 5.97 Å². The number of hydrogen-bond acceptors (Lipinski definition) is 6. The summed E-state index contributed by atoms with van der Waals surface area (Å²) in [4.78, 5) is 14.2. The number of aromatic nitrogens is 2. The molecule has 1 aromatic rings. The van der Waals surface area contributed by atoms with Gasteiger partial charge in [0.15, 0.2) is 0 Å². The summed E-state index contributed by atoms with van der Waals surface area (Å²) in [6, 6.07) is -0.185. The molecule has 2 heterocycles. The van der Waals surface area contributed by atoms with Gasteiger partial charge in [-0.3, -0.25) is 9.69 Å². The maximum Gasteiger partial charge on any atom is 0.323 e. The number of hydrogen-bond donors (Lipinski definition) is 0. The molecule has 0 N–H and O–H groups in total. The quantitative estimate of drug-likeness (QED) is 0.776. The molecule has 0 radical (unpaired) electrons. The van der Waals surface area contributed by atoms with Crippen LogP contribution in [0.3, 0.4) is 0 Å². The second-order valence-electron chi connectivity index (χ2n) is 5.96. The van der Waals surface area contributed by atoms with Crippen LogP contribution in [0.2, 0.25) is 0 Å². The van der Waals surface area contributed by atoms with Gasteiger partial charge in [0.25, 0.3) is 0 Å². The molecule has 19 heavy (non-hydrogen) atoms. The van der Waals surface area contributed by atoms with Crippen LogP contribution in [0.25, 0.3) is 0 Å². The first kappa shape index (κ1) is 14.0. The van der Waals surface area contributed by atoms with E-state index in [2.05, 4.69) is 19.8 Å². The van der Waals surface area contributed by atoms with Crippen molar-refractivity contribution in [3.63, 3.8) is 0 Å². The zero-order valence-corrected chi connectivity index (χ0v) is 12.0. The lowest BCUT2D eigenvalue weighted by Gasteiger charge is -2.26. The van der Waals surface area contributed by atoms with Crippen molar-refractivity contribution in [3.8, 4) is 0 Å². The van der Waals surface area contributed by atoms with Gasteiger partial charge in [-0.15, -0.1) is 0 Å². The van der Waals surface area contributed by atoms with Gasteiger partial charge < -0.3 is 4.74 Å². The molecule has 1 atom stereocenters. The van der Waals surface area contributed by atoms with E-state index in [1.165, 1.54) is 0 Å². The van der Waals surface area contributed by atoms with Gasteiger partial charge in [-0.2, -0.15) is 0 Å². The van der Waals surface area contributed by atoms with Crippen LogP contribution in [0.5, 0.6) is 0 Å². The fourth-order valence-electron chi connectivity index (χ4n) is 2.24. The molecule has 0 bridgehead atoms. The van der Waals surface area contributed by atoms with Crippen LogP contribution in [-0.4, -0.2) is 39.4 Å². The minimum absolute atomic E-state index is 0.154. The Bertz CT molecular complexity index is 450. The van der Waals surface area contributed by atoms with Gasteiger partial charge >= 0.3 is 5.97 Å². The molecule has 0 spiro atoms. The third kappa shape index (κ3) is 3.53. The number of rotatable bonds is 3. The van der Waals surface area contributed by atoms with Crippen molar-refractivity contribution in [2.24, 2.45) is 0 Å². The van der Waals surface area contributed by atoms with E-state index in [9.17, 15) is 4.79 Å². The summed E-state index contributed by atoms with van der Waals surface area (Å²) in [5.74, 6) is -0.154. The van der Waals surface area contributed by atoms with Crippen LogP contribution in [-0.2, 0) is 16.1 Å². The summed E-state index contributed by atoms with van der Waals surface area (Å²) in [5, 5.41) is 7.63. The highest BCUT2D eigenvalue weighted by atomic mass is 16.6. The number of aryl methyl sites for hydroxylation is 1. The van der Waals surface area contributed by atoms with Crippen molar-refractivity contribution in [1.29, 1.82) is 0 Å². The molecule has 1 aliphatic heterocycles. The SMILES string of the molecule is Cc1nonc1CN1CCC[C@@H]1C(=O)OC(C)(C)C. The normalized spacial score (nSPS) is 20.7. The molecule has 6 heteroatoms. The van der Waals surface area contributed by atoms with Crippen LogP contribution in [0.4, 0.5) is 0 Å². The second kappa shape index (κ2) is 5.28. The van der Waals surface area contributed by atoms with Crippen LogP contribution < -0.4 is 0 Å². The molecule has 1 fully saturated rings. The Morgan fingerprint density at radius 2 is 2.21 bits per heavy atom. The fourth-order valence-corrected chi connectivity index (χ4v) is 2.24. The topological polar surface area (TPSA) is 68.5 Å². The van der Waals surface area contributed by atoms with E-state index in [-0.39, 0.29) is 12.0 Å². The van der Waals surface area contributed by atoms with Gasteiger partial charge in [0.2, 0.25) is 0 Å². The maximum atomic E-state index is 12.2. The Kier molecular flexibility index (Phi) is 3.89. The zero-order valence-electron chi connectivity index (χ0n) is 12.0. The minimum atomic E-state index is -0.448. The lowest BCUT2D eigenvalue weighted by molar-refractivity contribution is -0.160. The number of carbonyl (C=O) groups is 1. The summed E-state index contributed by atoms with van der Waals surface area (Å²) in [6.07, 6.45) is 1.83. The molecule has 1 aromatic heterocycles. The maximum absolute atomic E-state index is 12.2. The van der Waals surface area contributed by atoms with Crippen LogP contribution in [0.1, 0.15) is 45.0 Å². The molecular formula is C13H21N3O3. The highest BCUT2D eigenvalue weighted by Gasteiger charge is 2.34. The molecular weight excluding hydrogens is 246 g/mol. The molecule has 0 saturated carbocycles. The van der Waals surface area contributed by atoms with Crippen molar-refractivity contribution in [3.05, 3.63) is 11.4 Å². The average Bonchev–Trinajstić information content (AvgIpc) is 2.87. The summed E-state index contributed by atoms with van der Waals surface area (Å²) < 4.78 is 10.2. The molecule has 1 aliphatic rings. The highest BCUT2D eigenvalue weighted by molar-refractivity contribution is 5.76. The Morgan fingerprint density at radius 3 is 2.79 bits per heavy atom. The number of esters is 1. The first-order valence-corrected chi connectivity index (χ1v) is 6.62. The Balaban J connectivity index is 2.01. The second-order valence-corrected chi connectivity index (χ2v) is 5.96. The Morgan fingerprint density at radius 1 is 1.47 bits per heavy atom. The zero-order chi connectivity index (χ0) is 14.0. The van der Waals surface area contributed by atoms with Crippen molar-refractivity contribution in [2.45, 2.75) is 58.7 Å². The summed E-state index contributed by atoms with van der Waals surface area (Å²) >= 11 is 0. The van der Waals surface area contributed by atoms with E-state index < -0.39 is 5.60 Å². The van der Waals surface area contributed by atoms with Crippen molar-refractivity contribution < 1.29 is 14.2 Å². The van der Waals surface area contributed by atoms with E-state index in [4.69, 9.17) is 4.74 Å². The Labute approximate surface area is 113 Å². The van der Waals surface area contributed by atoms with E-state index in [0.29, 0.717) is 6.54 Å². The predicted octanol–water partition coefficient (Wildman–Crippen LogP) is 1.68. The lowest BCUT2D eigenvalue weighted by Crippen LogP contribution is -2.40. The van der Waals surface area contributed by atoms with Crippen LogP contribution in [0, 0.1) is 6.92 Å². The number of likely N-dealkylation sites (tertiary alicyclic amines) is 1. The van der Waals surface area contributed by atoms with Crippen LogP contribution >= 0.6 is 0 Å². The smallest absolute Gasteiger partial charge is 0.323 e. The molecule has 1 saturated heterocycles. The predicted molar refractivity (Wildman–Crippen MR) is 68.3 cm³/mol. The molecule has 106 valence electrons. The monoisotopic (exact) mass is 267 g/mol. The Hall–Kier alpha value is -1.43. The number of ether oxygens (including phenoxy) is 1. The van der Waals surface area contributed by atoms with Gasteiger partial charge in [-0.25, -0.2) is 4.63 Å². The van der Waals surface area contributed by atoms with Crippen molar-refractivity contribution in [2.75, 3.05) is 6.54 Å². The van der Waals surface area contributed by atoms with Gasteiger partial charge in [-0.05, 0) is 47.1 Å². The van der Waals surface area contributed by atoms with Crippen molar-refractivity contribution in [1.82, 2.24) is 15.2 Å². The molecule has 2 rings (SSSR count). The molecule has 0 unspecified atom stereocenters. The summed E-state index contributed by atoms with van der Waals surface area (Å²) in [6.45, 7) is 8.96. The number of nitrogens with zero attached hydrogens (tertiary/aromatic N) is 3. The first-order chi connectivity index (χ1) is 8.87. The van der Waals surface area contributed by atoms with Crippen LogP contribution in [0.15, 0.2) is 4.63 Å². The van der Waals surface area contributed by atoms with E-state index in [1.807, 2.05) is 27.7 Å². The third-order valence-electron chi connectivity index (χ3n) is 3.14. The van der Waals surface area contributed by atoms with Gasteiger partial charge in [0.1, 0.15) is 23.0 Å².